The first-order chi connectivity index (χ1) is 10.8. The number of sulfonamides is 1. The number of nitrogens with zero attached hydrogens (tertiary/aromatic N) is 1. The first-order valence-corrected chi connectivity index (χ1v) is 9.59. The summed E-state index contributed by atoms with van der Waals surface area (Å²) in [4.78, 5) is 4.58. The largest absolute Gasteiger partial charge is 0.280 e. The molecule has 0 spiro atoms. The number of aryl methyl sites for hydroxylation is 2. The first-order valence-electron chi connectivity index (χ1n) is 7.23. The van der Waals surface area contributed by atoms with Gasteiger partial charge in [-0.25, -0.2) is 13.4 Å². The highest BCUT2D eigenvalue weighted by Crippen LogP contribution is 2.29. The van der Waals surface area contributed by atoms with Crippen LogP contribution >= 0.6 is 11.3 Å². The van der Waals surface area contributed by atoms with Crippen LogP contribution in [-0.2, 0) is 10.0 Å². The molecule has 0 saturated heterocycles. The molecule has 0 amide bonds. The van der Waals surface area contributed by atoms with Gasteiger partial charge in [0.15, 0.2) is 0 Å². The van der Waals surface area contributed by atoms with Gasteiger partial charge in [-0.3, -0.25) is 4.72 Å². The lowest BCUT2D eigenvalue weighted by atomic mass is 10.0. The predicted octanol–water partition coefficient (Wildman–Crippen LogP) is 4.33. The van der Waals surface area contributed by atoms with E-state index >= 15 is 0 Å². The number of anilines is 1. The molecule has 0 bridgehead atoms. The van der Waals surface area contributed by atoms with Gasteiger partial charge in [-0.1, -0.05) is 6.07 Å². The second-order valence-corrected chi connectivity index (χ2v) is 8.24. The first kappa shape index (κ1) is 16.0. The topological polar surface area (TPSA) is 59.1 Å². The van der Waals surface area contributed by atoms with Crippen LogP contribution in [-0.4, -0.2) is 13.4 Å². The average molecular weight is 346 g/mol. The maximum atomic E-state index is 12.9. The molecule has 23 heavy (non-hydrogen) atoms. The molecule has 0 aliphatic carbocycles. The van der Waals surface area contributed by atoms with Crippen molar-refractivity contribution in [2.24, 2.45) is 0 Å². The number of benzene rings is 2. The van der Waals surface area contributed by atoms with E-state index < -0.39 is 10.0 Å². The van der Waals surface area contributed by atoms with E-state index in [1.165, 1.54) is 11.3 Å². The van der Waals surface area contributed by atoms with Crippen LogP contribution in [0.25, 0.3) is 10.2 Å². The summed E-state index contributed by atoms with van der Waals surface area (Å²) in [6.07, 6.45) is 0. The van der Waals surface area contributed by atoms with Gasteiger partial charge in [-0.15, -0.1) is 11.3 Å². The van der Waals surface area contributed by atoms with Crippen LogP contribution < -0.4 is 4.72 Å². The molecule has 0 atom stereocenters. The van der Waals surface area contributed by atoms with Crippen LogP contribution in [0.15, 0.2) is 34.7 Å². The van der Waals surface area contributed by atoms with E-state index in [9.17, 15) is 8.42 Å². The number of hydrogen-bond donors (Lipinski definition) is 1. The van der Waals surface area contributed by atoms with Gasteiger partial charge in [0.25, 0.3) is 10.0 Å². The lowest BCUT2D eigenvalue weighted by Crippen LogP contribution is -2.17. The van der Waals surface area contributed by atoms with Gasteiger partial charge in [0.1, 0.15) is 0 Å². The summed E-state index contributed by atoms with van der Waals surface area (Å²) in [5, 5.41) is 0. The molecule has 1 heterocycles. The summed E-state index contributed by atoms with van der Waals surface area (Å²) in [6.45, 7) is 7.57. The molecule has 2 aromatic carbocycles. The molecule has 3 rings (SSSR count). The number of rotatable bonds is 3. The fourth-order valence-electron chi connectivity index (χ4n) is 2.71. The Bertz CT molecular complexity index is 979. The molecule has 3 aromatic rings. The van der Waals surface area contributed by atoms with Crippen LogP contribution in [0.3, 0.4) is 0 Å². The summed E-state index contributed by atoms with van der Waals surface area (Å²) in [5.41, 5.74) is 6.72. The fraction of sp³-hybridized carbons (Fsp3) is 0.235. The highest BCUT2D eigenvalue weighted by atomic mass is 32.2. The molecule has 4 nitrogen and oxygen atoms in total. The van der Waals surface area contributed by atoms with Crippen LogP contribution in [0.5, 0.6) is 0 Å². The Labute approximate surface area is 140 Å². The van der Waals surface area contributed by atoms with Crippen LogP contribution in [0.4, 0.5) is 5.69 Å². The molecular weight excluding hydrogens is 328 g/mol. The zero-order valence-electron chi connectivity index (χ0n) is 13.5. The third-order valence-electron chi connectivity index (χ3n) is 4.15. The highest BCUT2D eigenvalue weighted by molar-refractivity contribution is 7.92. The van der Waals surface area contributed by atoms with Crippen molar-refractivity contribution in [1.29, 1.82) is 0 Å². The summed E-state index contributed by atoms with van der Waals surface area (Å²) < 4.78 is 29.5. The van der Waals surface area contributed by atoms with Crippen molar-refractivity contribution in [2.45, 2.75) is 32.6 Å². The molecule has 0 aliphatic heterocycles. The minimum Gasteiger partial charge on any atom is -0.280 e. The van der Waals surface area contributed by atoms with E-state index in [1.807, 2.05) is 45.9 Å². The smallest absolute Gasteiger partial charge is 0.262 e. The molecule has 1 N–H and O–H groups in total. The Morgan fingerprint density at radius 2 is 1.65 bits per heavy atom. The van der Waals surface area contributed by atoms with Crippen molar-refractivity contribution in [3.8, 4) is 0 Å². The third-order valence-corrected chi connectivity index (χ3v) is 6.60. The standard InChI is InChI=1S/C17H18N2O2S2/c1-10-7-11(2)13(4)17(12(10)3)23(20,21)19-14-5-6-15-16(8-14)22-9-18-15/h5-9,19H,1-4H3. The van der Waals surface area contributed by atoms with E-state index in [0.717, 1.165) is 32.5 Å². The zero-order chi connectivity index (χ0) is 16.8. The maximum Gasteiger partial charge on any atom is 0.262 e. The van der Waals surface area contributed by atoms with Crippen LogP contribution in [0, 0.1) is 27.7 Å². The fourth-order valence-corrected chi connectivity index (χ4v) is 5.09. The van der Waals surface area contributed by atoms with Crippen LogP contribution in [0.1, 0.15) is 22.3 Å². The van der Waals surface area contributed by atoms with Gasteiger partial charge < -0.3 is 0 Å². The van der Waals surface area contributed by atoms with Crippen molar-refractivity contribution in [2.75, 3.05) is 4.72 Å². The van der Waals surface area contributed by atoms with Gasteiger partial charge in [0.05, 0.1) is 26.3 Å². The molecular formula is C17H18N2O2S2. The molecule has 6 heteroatoms. The number of fused-ring (bicyclic) bond motifs is 1. The number of hydrogen-bond acceptors (Lipinski definition) is 4. The van der Waals surface area contributed by atoms with Crippen LogP contribution in [0.2, 0.25) is 0 Å². The van der Waals surface area contributed by atoms with Gasteiger partial charge in [0.2, 0.25) is 0 Å². The lowest BCUT2D eigenvalue weighted by molar-refractivity contribution is 0.599. The van der Waals surface area contributed by atoms with E-state index in [2.05, 4.69) is 9.71 Å². The highest BCUT2D eigenvalue weighted by Gasteiger charge is 2.22. The summed E-state index contributed by atoms with van der Waals surface area (Å²) in [7, 11) is -3.64. The Kier molecular flexibility index (Phi) is 3.90. The van der Waals surface area contributed by atoms with Gasteiger partial charge in [-0.05, 0) is 68.1 Å². The summed E-state index contributed by atoms with van der Waals surface area (Å²) in [5.74, 6) is 0. The van der Waals surface area contributed by atoms with Gasteiger partial charge in [-0.2, -0.15) is 0 Å². The Morgan fingerprint density at radius 3 is 2.30 bits per heavy atom. The minimum atomic E-state index is -3.64. The van der Waals surface area contributed by atoms with Gasteiger partial charge in [0, 0.05) is 0 Å². The second kappa shape index (κ2) is 5.62. The van der Waals surface area contributed by atoms with Crippen molar-refractivity contribution < 1.29 is 8.42 Å². The van der Waals surface area contributed by atoms with Crippen molar-refractivity contribution in [1.82, 2.24) is 4.98 Å². The molecule has 0 radical (unpaired) electrons. The van der Waals surface area contributed by atoms with E-state index in [0.29, 0.717) is 10.6 Å². The molecule has 0 unspecified atom stereocenters. The lowest BCUT2D eigenvalue weighted by Gasteiger charge is -2.16. The van der Waals surface area contributed by atoms with Crippen molar-refractivity contribution >= 4 is 37.3 Å². The molecule has 120 valence electrons. The van der Waals surface area contributed by atoms with E-state index in [1.54, 1.807) is 11.6 Å². The third kappa shape index (κ3) is 2.84. The average Bonchev–Trinajstić information content (AvgIpc) is 2.92. The zero-order valence-corrected chi connectivity index (χ0v) is 15.1. The van der Waals surface area contributed by atoms with E-state index in [4.69, 9.17) is 0 Å². The number of nitrogens with one attached hydrogen (secondary N) is 1. The Hall–Kier alpha value is -1.92. The Balaban J connectivity index is 2.08. The molecule has 0 fully saturated rings. The monoisotopic (exact) mass is 346 g/mol. The van der Waals surface area contributed by atoms with Gasteiger partial charge >= 0.3 is 0 Å². The Morgan fingerprint density at radius 1 is 1.00 bits per heavy atom. The summed E-state index contributed by atoms with van der Waals surface area (Å²) in [6, 6.07) is 7.41. The molecule has 0 saturated carbocycles. The maximum absolute atomic E-state index is 12.9. The molecule has 0 aliphatic rings. The minimum absolute atomic E-state index is 0.374. The predicted molar refractivity (Wildman–Crippen MR) is 95.8 cm³/mol. The second-order valence-electron chi connectivity index (χ2n) is 5.73. The van der Waals surface area contributed by atoms with E-state index in [-0.39, 0.29) is 0 Å². The quantitative estimate of drug-likeness (QED) is 0.768. The number of aromatic nitrogens is 1. The van der Waals surface area contributed by atoms with Crippen molar-refractivity contribution in [3.05, 3.63) is 52.0 Å². The number of thiazole rings is 1. The normalized spacial score (nSPS) is 11.8. The molecule has 1 aromatic heterocycles. The SMILES string of the molecule is Cc1cc(C)c(C)c(S(=O)(=O)Nc2ccc3ncsc3c2)c1C. The van der Waals surface area contributed by atoms with Crippen molar-refractivity contribution in [3.63, 3.8) is 0 Å². The summed E-state index contributed by atoms with van der Waals surface area (Å²) >= 11 is 1.49.